The van der Waals surface area contributed by atoms with Gasteiger partial charge in [0.25, 0.3) is 0 Å². The van der Waals surface area contributed by atoms with Crippen molar-refractivity contribution in [3.63, 3.8) is 0 Å². The van der Waals surface area contributed by atoms with Gasteiger partial charge in [-0.3, -0.25) is 0 Å². The van der Waals surface area contributed by atoms with E-state index in [9.17, 15) is 5.11 Å². The first-order valence-corrected chi connectivity index (χ1v) is 5.12. The Kier molecular flexibility index (Phi) is 8.08. The normalized spacial score (nSPS) is 15.9. The first kappa shape index (κ1) is 13.8. The molecule has 0 heterocycles. The third-order valence-corrected chi connectivity index (χ3v) is 2.29. The van der Waals surface area contributed by atoms with Crippen LogP contribution in [0.2, 0.25) is 0 Å². The number of aliphatic hydroxyl groups is 1. The average Bonchev–Trinajstić information content (AvgIpc) is 2.19. The molecular formula is C10H23NO3. The molecule has 86 valence electrons. The van der Waals surface area contributed by atoms with Crippen molar-refractivity contribution >= 4 is 0 Å². The number of methoxy groups -OCH3 is 2. The summed E-state index contributed by atoms with van der Waals surface area (Å²) < 4.78 is 10.2. The largest absolute Gasteiger partial charge is 0.393 e. The monoisotopic (exact) mass is 205 g/mol. The number of rotatable bonds is 8. The lowest BCUT2D eigenvalue weighted by molar-refractivity contribution is -0.119. The molecule has 0 rings (SSSR count). The number of hydrogen-bond acceptors (Lipinski definition) is 4. The van der Waals surface area contributed by atoms with Gasteiger partial charge in [-0.15, -0.1) is 0 Å². The molecule has 2 atom stereocenters. The Bertz CT molecular complexity index is 129. The van der Waals surface area contributed by atoms with E-state index in [-0.39, 0.29) is 18.4 Å². The van der Waals surface area contributed by atoms with Crippen LogP contribution in [0.5, 0.6) is 0 Å². The lowest BCUT2D eigenvalue weighted by Gasteiger charge is -2.22. The van der Waals surface area contributed by atoms with E-state index >= 15 is 0 Å². The number of hydrogen-bond donors (Lipinski definition) is 2. The van der Waals surface area contributed by atoms with E-state index in [4.69, 9.17) is 9.47 Å². The van der Waals surface area contributed by atoms with E-state index < -0.39 is 0 Å². The number of ether oxygens (including phenoxy) is 2. The van der Waals surface area contributed by atoms with Gasteiger partial charge in [0, 0.05) is 14.2 Å². The molecule has 0 fully saturated rings. The standard InChI is InChI=1S/C10H23NO3/c1-5-9(12)6-7-11-8(2)10(13-3)14-4/h8-12H,5-7H2,1-4H3. The van der Waals surface area contributed by atoms with Crippen molar-refractivity contribution in [3.8, 4) is 0 Å². The molecule has 0 saturated heterocycles. The van der Waals surface area contributed by atoms with Gasteiger partial charge in [0.15, 0.2) is 6.29 Å². The first-order valence-electron chi connectivity index (χ1n) is 5.12. The second-order valence-corrected chi connectivity index (χ2v) is 3.43. The zero-order valence-electron chi connectivity index (χ0n) is 9.62. The smallest absolute Gasteiger partial charge is 0.171 e. The van der Waals surface area contributed by atoms with E-state index in [1.807, 2.05) is 13.8 Å². The van der Waals surface area contributed by atoms with Crippen molar-refractivity contribution in [2.45, 2.75) is 45.1 Å². The maximum Gasteiger partial charge on any atom is 0.171 e. The Morgan fingerprint density at radius 1 is 1.29 bits per heavy atom. The SMILES string of the molecule is CCC(O)CCNC(C)C(OC)OC. The van der Waals surface area contributed by atoms with Gasteiger partial charge >= 0.3 is 0 Å². The van der Waals surface area contributed by atoms with Crippen molar-refractivity contribution < 1.29 is 14.6 Å². The van der Waals surface area contributed by atoms with Crippen LogP contribution >= 0.6 is 0 Å². The molecule has 0 aliphatic heterocycles. The summed E-state index contributed by atoms with van der Waals surface area (Å²) in [4.78, 5) is 0. The zero-order valence-corrected chi connectivity index (χ0v) is 9.62. The summed E-state index contributed by atoms with van der Waals surface area (Å²) >= 11 is 0. The van der Waals surface area contributed by atoms with Crippen molar-refractivity contribution in [3.05, 3.63) is 0 Å². The van der Waals surface area contributed by atoms with Crippen LogP contribution in [0.25, 0.3) is 0 Å². The molecule has 0 bridgehead atoms. The van der Waals surface area contributed by atoms with Gasteiger partial charge in [-0.25, -0.2) is 0 Å². The molecule has 14 heavy (non-hydrogen) atoms. The maximum atomic E-state index is 9.32. The highest BCUT2D eigenvalue weighted by Crippen LogP contribution is 2.00. The molecule has 2 unspecified atom stereocenters. The Morgan fingerprint density at radius 2 is 1.86 bits per heavy atom. The van der Waals surface area contributed by atoms with Crippen LogP contribution in [0.15, 0.2) is 0 Å². The van der Waals surface area contributed by atoms with Crippen LogP contribution in [0.4, 0.5) is 0 Å². The molecule has 0 aromatic rings. The summed E-state index contributed by atoms with van der Waals surface area (Å²) in [6.07, 6.45) is 1.13. The Morgan fingerprint density at radius 3 is 2.29 bits per heavy atom. The van der Waals surface area contributed by atoms with Crippen molar-refractivity contribution in [2.75, 3.05) is 20.8 Å². The minimum Gasteiger partial charge on any atom is -0.393 e. The van der Waals surface area contributed by atoms with Gasteiger partial charge in [0.1, 0.15) is 0 Å². The molecule has 0 saturated carbocycles. The van der Waals surface area contributed by atoms with Gasteiger partial charge in [-0.1, -0.05) is 6.92 Å². The lowest BCUT2D eigenvalue weighted by atomic mass is 10.2. The second kappa shape index (κ2) is 8.17. The summed E-state index contributed by atoms with van der Waals surface area (Å²) in [6.45, 7) is 4.75. The molecule has 0 aliphatic rings. The number of nitrogens with one attached hydrogen (secondary N) is 1. The van der Waals surface area contributed by atoms with Gasteiger partial charge in [-0.05, 0) is 26.3 Å². The highest BCUT2D eigenvalue weighted by Gasteiger charge is 2.14. The van der Waals surface area contributed by atoms with Gasteiger partial charge < -0.3 is 19.9 Å². The third-order valence-electron chi connectivity index (χ3n) is 2.29. The van der Waals surface area contributed by atoms with Crippen LogP contribution in [0, 0.1) is 0 Å². The summed E-state index contributed by atoms with van der Waals surface area (Å²) in [5, 5.41) is 12.6. The first-order chi connectivity index (χ1) is 6.65. The summed E-state index contributed by atoms with van der Waals surface area (Å²) in [7, 11) is 3.24. The van der Waals surface area contributed by atoms with E-state index in [0.29, 0.717) is 0 Å². The Balaban J connectivity index is 3.56. The average molecular weight is 205 g/mol. The van der Waals surface area contributed by atoms with Crippen LogP contribution in [0.3, 0.4) is 0 Å². The van der Waals surface area contributed by atoms with Crippen LogP contribution in [-0.2, 0) is 9.47 Å². The molecule has 0 aliphatic carbocycles. The van der Waals surface area contributed by atoms with E-state index in [2.05, 4.69) is 5.32 Å². The van der Waals surface area contributed by atoms with E-state index in [0.717, 1.165) is 19.4 Å². The van der Waals surface area contributed by atoms with Crippen molar-refractivity contribution in [2.24, 2.45) is 0 Å². The Hall–Kier alpha value is -0.160. The zero-order chi connectivity index (χ0) is 11.0. The fraction of sp³-hybridized carbons (Fsp3) is 1.00. The molecule has 2 N–H and O–H groups in total. The molecular weight excluding hydrogens is 182 g/mol. The van der Waals surface area contributed by atoms with Gasteiger partial charge in [0.05, 0.1) is 12.1 Å². The third kappa shape index (κ3) is 5.54. The Labute approximate surface area is 86.6 Å². The predicted molar refractivity (Wildman–Crippen MR) is 56.2 cm³/mol. The fourth-order valence-corrected chi connectivity index (χ4v) is 1.28. The highest BCUT2D eigenvalue weighted by atomic mass is 16.7. The van der Waals surface area contributed by atoms with Crippen molar-refractivity contribution in [1.29, 1.82) is 0 Å². The van der Waals surface area contributed by atoms with Crippen LogP contribution in [-0.4, -0.2) is 44.3 Å². The summed E-state index contributed by atoms with van der Waals surface area (Å²) in [6, 6.07) is 0.133. The minimum absolute atomic E-state index is 0.133. The molecule has 0 spiro atoms. The molecule has 4 heteroatoms. The van der Waals surface area contributed by atoms with Gasteiger partial charge in [0.2, 0.25) is 0 Å². The predicted octanol–water partition coefficient (Wildman–Crippen LogP) is 0.744. The molecule has 0 aromatic carbocycles. The van der Waals surface area contributed by atoms with E-state index in [1.165, 1.54) is 0 Å². The molecule has 0 radical (unpaired) electrons. The van der Waals surface area contributed by atoms with Crippen LogP contribution < -0.4 is 5.32 Å². The molecule has 0 amide bonds. The van der Waals surface area contributed by atoms with Crippen LogP contribution in [0.1, 0.15) is 26.7 Å². The van der Waals surface area contributed by atoms with E-state index in [1.54, 1.807) is 14.2 Å². The maximum absolute atomic E-state index is 9.32. The lowest BCUT2D eigenvalue weighted by Crippen LogP contribution is -2.40. The fourth-order valence-electron chi connectivity index (χ4n) is 1.28. The molecule has 4 nitrogen and oxygen atoms in total. The summed E-state index contributed by atoms with van der Waals surface area (Å²) in [5.74, 6) is 0. The molecule has 0 aromatic heterocycles. The second-order valence-electron chi connectivity index (χ2n) is 3.43. The summed E-state index contributed by atoms with van der Waals surface area (Å²) in [5.41, 5.74) is 0. The van der Waals surface area contributed by atoms with Gasteiger partial charge in [-0.2, -0.15) is 0 Å². The number of aliphatic hydroxyl groups excluding tert-OH is 1. The minimum atomic E-state index is -0.228. The highest BCUT2D eigenvalue weighted by molar-refractivity contribution is 4.65. The van der Waals surface area contributed by atoms with Crippen molar-refractivity contribution in [1.82, 2.24) is 5.32 Å². The topological polar surface area (TPSA) is 50.7 Å². The quantitative estimate of drug-likeness (QED) is 0.574.